The number of aromatic nitrogens is 2. The molecule has 0 bridgehead atoms. The molecule has 4 aromatic rings. The summed E-state index contributed by atoms with van der Waals surface area (Å²) in [4.78, 5) is 36.3. The average Bonchev–Trinajstić information content (AvgIpc) is 2.98. The maximum Gasteiger partial charge on any atom is 0.258 e. The fourth-order valence-corrected chi connectivity index (χ4v) is 5.70. The van der Waals surface area contributed by atoms with Gasteiger partial charge < -0.3 is 15.0 Å². The Morgan fingerprint density at radius 3 is 2.35 bits per heavy atom. The number of carbonyl (C=O) groups is 1. The molecule has 8 heteroatoms. The number of aromatic amines is 1. The first-order valence-corrected chi connectivity index (χ1v) is 13.6. The molecule has 2 aliphatic rings. The van der Waals surface area contributed by atoms with E-state index in [2.05, 4.69) is 50.5 Å². The zero-order valence-electron chi connectivity index (χ0n) is 21.9. The van der Waals surface area contributed by atoms with Gasteiger partial charge in [0, 0.05) is 19.0 Å². The molecule has 0 spiro atoms. The quantitative estimate of drug-likeness (QED) is 0.352. The van der Waals surface area contributed by atoms with Crippen LogP contribution in [-0.4, -0.2) is 29.0 Å². The highest BCUT2D eigenvalue weighted by atomic mass is 16.5. The maximum absolute atomic E-state index is 13.5. The molecule has 200 valence electrons. The fraction of sp³-hybridized carbons (Fsp3) is 0.250. The number of benzene rings is 3. The number of nitrogens with zero attached hydrogens (tertiary/aromatic N) is 3. The van der Waals surface area contributed by atoms with Crippen LogP contribution in [0.1, 0.15) is 35.4 Å². The summed E-state index contributed by atoms with van der Waals surface area (Å²) in [6.07, 6.45) is 2.99. The van der Waals surface area contributed by atoms with Crippen LogP contribution < -0.4 is 20.5 Å². The highest BCUT2D eigenvalue weighted by Crippen LogP contribution is 2.39. The van der Waals surface area contributed by atoms with Crippen LogP contribution in [0.4, 0.5) is 11.8 Å². The van der Waals surface area contributed by atoms with Gasteiger partial charge in [-0.25, -0.2) is 0 Å². The zero-order chi connectivity index (χ0) is 27.5. The van der Waals surface area contributed by atoms with Crippen LogP contribution in [0, 0.1) is 23.2 Å². The molecule has 2 atom stereocenters. The lowest BCUT2D eigenvalue weighted by molar-refractivity contribution is -0.119. The minimum Gasteiger partial charge on any atom is -0.457 e. The molecule has 2 aliphatic heterocycles. The van der Waals surface area contributed by atoms with Gasteiger partial charge in [0.2, 0.25) is 11.9 Å². The van der Waals surface area contributed by atoms with Crippen LogP contribution in [0.3, 0.4) is 0 Å². The van der Waals surface area contributed by atoms with Crippen molar-refractivity contribution in [2.45, 2.75) is 25.2 Å². The molecule has 40 heavy (non-hydrogen) atoms. The van der Waals surface area contributed by atoms with E-state index >= 15 is 0 Å². The van der Waals surface area contributed by atoms with Gasteiger partial charge >= 0.3 is 0 Å². The monoisotopic (exact) mass is 531 g/mol. The third-order valence-corrected chi connectivity index (χ3v) is 7.73. The lowest BCUT2D eigenvalue weighted by Crippen LogP contribution is -2.41. The summed E-state index contributed by atoms with van der Waals surface area (Å²) in [6, 6.07) is 29.1. The molecule has 8 nitrogen and oxygen atoms in total. The van der Waals surface area contributed by atoms with Crippen molar-refractivity contribution in [2.75, 3.05) is 23.3 Å². The summed E-state index contributed by atoms with van der Waals surface area (Å²) >= 11 is 0. The summed E-state index contributed by atoms with van der Waals surface area (Å²) in [5, 5.41) is 12.6. The summed E-state index contributed by atoms with van der Waals surface area (Å²) in [5.74, 6) is 0.0895. The number of piperidine rings is 1. The number of amides is 1. The Morgan fingerprint density at radius 2 is 1.62 bits per heavy atom. The Morgan fingerprint density at radius 1 is 0.925 bits per heavy atom. The highest BCUT2D eigenvalue weighted by molar-refractivity contribution is 5.98. The number of hydrogen-bond donors (Lipinski definition) is 2. The third kappa shape index (κ3) is 5.19. The largest absolute Gasteiger partial charge is 0.457 e. The second-order valence-electron chi connectivity index (χ2n) is 10.3. The van der Waals surface area contributed by atoms with Gasteiger partial charge in [0.15, 0.2) is 0 Å². The average molecular weight is 532 g/mol. The van der Waals surface area contributed by atoms with Crippen molar-refractivity contribution in [1.82, 2.24) is 9.97 Å². The molecule has 2 unspecified atom stereocenters. The van der Waals surface area contributed by atoms with Crippen LogP contribution in [-0.2, 0) is 11.2 Å². The Balaban J connectivity index is 1.26. The standard InChI is InChI=1S/C32H29N5O3/c33-20-26-27(23-10-7-13-25(19-23)40-24-11-5-2-6-12-24)28-29(34-30(26)38)35-32(36-31(28)39)37-16-14-22(15-17-37)18-21-8-3-1-4-9-21/h1-13,19,22,26-27H,14-18H2,(H2,34,35,36,38,39). The van der Waals surface area contributed by atoms with Gasteiger partial charge in [0.1, 0.15) is 23.2 Å². The van der Waals surface area contributed by atoms with E-state index in [4.69, 9.17) is 4.74 Å². The Hall–Kier alpha value is -4.90. The number of H-pyrrole nitrogens is 1. The van der Waals surface area contributed by atoms with Crippen molar-refractivity contribution in [2.24, 2.45) is 11.8 Å². The van der Waals surface area contributed by atoms with Gasteiger partial charge in [0.05, 0.1) is 11.6 Å². The Bertz CT molecular complexity index is 1610. The first kappa shape index (κ1) is 25.4. The van der Waals surface area contributed by atoms with E-state index in [1.54, 1.807) is 24.3 Å². The molecule has 1 fully saturated rings. The molecular formula is C32H29N5O3. The normalized spacial score (nSPS) is 18.9. The van der Waals surface area contributed by atoms with Crippen LogP contribution in [0.5, 0.6) is 11.5 Å². The molecule has 6 rings (SSSR count). The number of hydrogen-bond acceptors (Lipinski definition) is 6. The van der Waals surface area contributed by atoms with Crippen LogP contribution >= 0.6 is 0 Å². The van der Waals surface area contributed by atoms with Crippen molar-refractivity contribution in [3.8, 4) is 17.6 Å². The van der Waals surface area contributed by atoms with Crippen molar-refractivity contribution >= 4 is 17.7 Å². The van der Waals surface area contributed by atoms with Crippen LogP contribution in [0.25, 0.3) is 0 Å². The molecule has 3 aromatic carbocycles. The first-order chi connectivity index (χ1) is 19.6. The number of fused-ring (bicyclic) bond motifs is 1. The number of rotatable bonds is 6. The summed E-state index contributed by atoms with van der Waals surface area (Å²) in [5.41, 5.74) is 1.90. The second kappa shape index (κ2) is 11.1. The lowest BCUT2D eigenvalue weighted by Gasteiger charge is -2.34. The van der Waals surface area contributed by atoms with Gasteiger partial charge in [-0.1, -0.05) is 60.7 Å². The maximum atomic E-state index is 13.5. The van der Waals surface area contributed by atoms with E-state index in [0.717, 1.165) is 32.4 Å². The number of para-hydroxylation sites is 1. The fourth-order valence-electron chi connectivity index (χ4n) is 5.70. The summed E-state index contributed by atoms with van der Waals surface area (Å²) < 4.78 is 5.98. The van der Waals surface area contributed by atoms with Gasteiger partial charge in [-0.3, -0.25) is 14.6 Å². The number of ether oxygens (including phenoxy) is 1. The lowest BCUT2D eigenvalue weighted by atomic mass is 9.79. The molecule has 0 radical (unpaired) electrons. The van der Waals surface area contributed by atoms with Gasteiger partial charge in [-0.15, -0.1) is 0 Å². The molecule has 0 aliphatic carbocycles. The molecular weight excluding hydrogens is 502 g/mol. The van der Waals surface area contributed by atoms with E-state index in [0.29, 0.717) is 28.9 Å². The SMILES string of the molecule is N#CC1C(=O)Nc2nc(N3CCC(Cc4ccccc4)CC3)[nH]c(=O)c2C1c1cccc(Oc2ccccc2)c1. The smallest absolute Gasteiger partial charge is 0.258 e. The number of nitrogens with one attached hydrogen (secondary N) is 2. The van der Waals surface area contributed by atoms with E-state index in [1.165, 1.54) is 5.56 Å². The predicted octanol–water partition coefficient (Wildman–Crippen LogP) is 5.25. The van der Waals surface area contributed by atoms with Gasteiger partial charge in [0.25, 0.3) is 5.56 Å². The molecule has 1 aromatic heterocycles. The predicted molar refractivity (Wildman–Crippen MR) is 152 cm³/mol. The van der Waals surface area contributed by atoms with E-state index in [9.17, 15) is 14.9 Å². The van der Waals surface area contributed by atoms with Gasteiger partial charge in [-0.2, -0.15) is 10.2 Å². The van der Waals surface area contributed by atoms with Gasteiger partial charge in [-0.05, 0) is 60.6 Å². The van der Waals surface area contributed by atoms with Crippen LogP contribution in [0.15, 0.2) is 89.7 Å². The van der Waals surface area contributed by atoms with Crippen LogP contribution in [0.2, 0.25) is 0 Å². The van der Waals surface area contributed by atoms with E-state index in [-0.39, 0.29) is 16.9 Å². The number of carbonyl (C=O) groups excluding carboxylic acids is 1. The number of nitriles is 1. The second-order valence-corrected chi connectivity index (χ2v) is 10.3. The van der Waals surface area contributed by atoms with Crippen molar-refractivity contribution in [3.63, 3.8) is 0 Å². The summed E-state index contributed by atoms with van der Waals surface area (Å²) in [7, 11) is 0. The molecule has 1 saturated heterocycles. The molecule has 0 saturated carbocycles. The van der Waals surface area contributed by atoms with E-state index < -0.39 is 17.7 Å². The zero-order valence-corrected chi connectivity index (χ0v) is 21.9. The summed E-state index contributed by atoms with van der Waals surface area (Å²) in [6.45, 7) is 1.52. The highest BCUT2D eigenvalue weighted by Gasteiger charge is 2.40. The van der Waals surface area contributed by atoms with Crippen molar-refractivity contribution < 1.29 is 9.53 Å². The van der Waals surface area contributed by atoms with Crippen molar-refractivity contribution in [1.29, 1.82) is 5.26 Å². The molecule has 1 amide bonds. The first-order valence-electron chi connectivity index (χ1n) is 13.6. The Kier molecular flexibility index (Phi) is 7.02. The van der Waals surface area contributed by atoms with Crippen molar-refractivity contribution in [3.05, 3.63) is 112 Å². The number of anilines is 2. The molecule has 2 N–H and O–H groups in total. The minimum absolute atomic E-state index is 0.209. The Labute approximate surface area is 232 Å². The topological polar surface area (TPSA) is 111 Å². The van der Waals surface area contributed by atoms with E-state index in [1.807, 2.05) is 36.4 Å². The third-order valence-electron chi connectivity index (χ3n) is 7.73. The molecule has 3 heterocycles. The minimum atomic E-state index is -1.08.